The Morgan fingerprint density at radius 3 is 2.25 bits per heavy atom. The summed E-state index contributed by atoms with van der Waals surface area (Å²) in [6, 6.07) is 15.1. The van der Waals surface area contributed by atoms with Crippen LogP contribution in [0, 0.1) is 0 Å². The zero-order valence-electron chi connectivity index (χ0n) is 13.7. The first-order valence-electron chi connectivity index (χ1n) is 7.72. The van der Waals surface area contributed by atoms with Gasteiger partial charge in [-0.2, -0.15) is 0 Å². The molecule has 0 saturated heterocycles. The van der Waals surface area contributed by atoms with E-state index in [4.69, 9.17) is 4.74 Å². The summed E-state index contributed by atoms with van der Waals surface area (Å²) in [7, 11) is 1.55. The quantitative estimate of drug-likeness (QED) is 0.729. The number of rotatable bonds is 8. The lowest BCUT2D eigenvalue weighted by atomic mass is 10.0. The minimum Gasteiger partial charge on any atom is -0.497 e. The number of Topliss-reactive ketones (excluding diaryl/α,β-unsaturated/α-hetero) is 1. The molecule has 0 saturated carbocycles. The molecule has 2 aromatic carbocycles. The van der Waals surface area contributed by atoms with E-state index in [-0.39, 0.29) is 18.2 Å². The van der Waals surface area contributed by atoms with Crippen molar-refractivity contribution in [3.05, 3.63) is 65.7 Å². The van der Waals surface area contributed by atoms with Crippen LogP contribution >= 0.6 is 0 Å². The number of carbonyl (C=O) groups excluding carboxylic acids is 1. The third-order valence-corrected chi connectivity index (χ3v) is 3.85. The van der Waals surface area contributed by atoms with Crippen LogP contribution in [0.3, 0.4) is 0 Å². The van der Waals surface area contributed by atoms with Crippen LogP contribution in [-0.2, 0) is 4.79 Å². The molecule has 1 unspecified atom stereocenters. The van der Waals surface area contributed by atoms with Gasteiger partial charge >= 0.3 is 5.97 Å². The minimum absolute atomic E-state index is 0.112. The maximum Gasteiger partial charge on any atom is 0.321 e. The molecule has 5 nitrogen and oxygen atoms in total. The second-order valence-corrected chi connectivity index (χ2v) is 5.55. The smallest absolute Gasteiger partial charge is 0.321 e. The summed E-state index contributed by atoms with van der Waals surface area (Å²) in [4.78, 5) is 23.8. The third-order valence-electron chi connectivity index (χ3n) is 3.85. The van der Waals surface area contributed by atoms with Gasteiger partial charge in [0.25, 0.3) is 0 Å². The molecule has 0 aliphatic rings. The number of hydrogen-bond acceptors (Lipinski definition) is 4. The predicted molar refractivity (Wildman–Crippen MR) is 91.4 cm³/mol. The van der Waals surface area contributed by atoms with Crippen molar-refractivity contribution in [2.45, 2.75) is 25.4 Å². The summed E-state index contributed by atoms with van der Waals surface area (Å²) in [5, 5.41) is 12.4. The Bertz CT molecular complexity index is 682. The van der Waals surface area contributed by atoms with Crippen molar-refractivity contribution in [3.63, 3.8) is 0 Å². The molecular formula is C19H21NO4. The van der Waals surface area contributed by atoms with Gasteiger partial charge in [0.15, 0.2) is 5.78 Å². The van der Waals surface area contributed by atoms with Crippen LogP contribution in [0.5, 0.6) is 5.75 Å². The lowest BCUT2D eigenvalue weighted by molar-refractivity contribution is -0.139. The van der Waals surface area contributed by atoms with Gasteiger partial charge in [-0.3, -0.25) is 14.9 Å². The fourth-order valence-electron chi connectivity index (χ4n) is 2.44. The third kappa shape index (κ3) is 4.67. The lowest BCUT2D eigenvalue weighted by Gasteiger charge is -2.20. The van der Waals surface area contributed by atoms with Gasteiger partial charge in [-0.05, 0) is 36.8 Å². The average molecular weight is 327 g/mol. The number of carbonyl (C=O) groups is 2. The number of ketones is 1. The largest absolute Gasteiger partial charge is 0.497 e. The van der Waals surface area contributed by atoms with Gasteiger partial charge in [0.1, 0.15) is 11.8 Å². The van der Waals surface area contributed by atoms with Gasteiger partial charge in [0.05, 0.1) is 7.11 Å². The Labute approximate surface area is 141 Å². The Hall–Kier alpha value is -2.66. The minimum atomic E-state index is -1.04. The van der Waals surface area contributed by atoms with E-state index in [2.05, 4.69) is 5.32 Å². The molecule has 0 radical (unpaired) electrons. The van der Waals surface area contributed by atoms with Crippen LogP contribution < -0.4 is 10.1 Å². The number of aliphatic carboxylic acids is 1. The Kier molecular flexibility index (Phi) is 6.09. The van der Waals surface area contributed by atoms with E-state index in [9.17, 15) is 14.7 Å². The molecular weight excluding hydrogens is 306 g/mol. The van der Waals surface area contributed by atoms with E-state index in [0.29, 0.717) is 11.3 Å². The van der Waals surface area contributed by atoms with E-state index in [1.165, 1.54) is 0 Å². The number of ether oxygens (including phenoxy) is 1. The van der Waals surface area contributed by atoms with Crippen LogP contribution in [0.2, 0.25) is 0 Å². The second-order valence-electron chi connectivity index (χ2n) is 5.55. The summed E-state index contributed by atoms with van der Waals surface area (Å²) >= 11 is 0. The molecule has 2 atom stereocenters. The molecule has 0 fully saturated rings. The van der Waals surface area contributed by atoms with Gasteiger partial charge in [-0.25, -0.2) is 0 Å². The van der Waals surface area contributed by atoms with E-state index in [1.807, 2.05) is 37.3 Å². The van der Waals surface area contributed by atoms with Crippen LogP contribution in [0.1, 0.15) is 35.3 Å². The molecule has 2 rings (SSSR count). The van der Waals surface area contributed by atoms with Gasteiger partial charge in [0, 0.05) is 18.0 Å². The SMILES string of the molecule is COc1ccc(C(=O)CC(N[C@@H](C)c2ccccc2)C(=O)O)cc1. The lowest BCUT2D eigenvalue weighted by Crippen LogP contribution is -2.40. The second kappa shape index (κ2) is 8.26. The molecule has 0 aliphatic heterocycles. The molecule has 0 amide bonds. The molecule has 5 heteroatoms. The highest BCUT2D eigenvalue weighted by Gasteiger charge is 2.24. The number of nitrogens with one attached hydrogen (secondary N) is 1. The maximum absolute atomic E-state index is 12.3. The number of methoxy groups -OCH3 is 1. The molecule has 0 bridgehead atoms. The number of carboxylic acid groups (broad SMARTS) is 1. The molecule has 0 aromatic heterocycles. The summed E-state index contributed by atoms with van der Waals surface area (Å²) in [5.41, 5.74) is 1.44. The van der Waals surface area contributed by atoms with Crippen molar-refractivity contribution in [3.8, 4) is 5.75 Å². The molecule has 0 aliphatic carbocycles. The molecule has 2 N–H and O–H groups in total. The van der Waals surface area contributed by atoms with E-state index >= 15 is 0 Å². The topological polar surface area (TPSA) is 75.6 Å². The molecule has 126 valence electrons. The Morgan fingerprint density at radius 1 is 1.08 bits per heavy atom. The fourth-order valence-corrected chi connectivity index (χ4v) is 2.44. The molecule has 2 aromatic rings. The Morgan fingerprint density at radius 2 is 1.71 bits per heavy atom. The summed E-state index contributed by atoms with van der Waals surface area (Å²) < 4.78 is 5.05. The molecule has 0 heterocycles. The zero-order valence-corrected chi connectivity index (χ0v) is 13.7. The monoisotopic (exact) mass is 327 g/mol. The van der Waals surface area contributed by atoms with Crippen LogP contribution in [0.25, 0.3) is 0 Å². The summed E-state index contributed by atoms with van der Waals surface area (Å²) in [6.45, 7) is 1.88. The first-order chi connectivity index (χ1) is 11.5. The average Bonchev–Trinajstić information content (AvgIpc) is 2.61. The first-order valence-corrected chi connectivity index (χ1v) is 7.72. The summed E-state index contributed by atoms with van der Waals surface area (Å²) in [6.07, 6.45) is -0.112. The standard InChI is InChI=1S/C19H21NO4/c1-13(14-6-4-3-5-7-14)20-17(19(22)23)12-18(21)15-8-10-16(24-2)11-9-15/h3-11,13,17,20H,12H2,1-2H3,(H,22,23)/t13-,17?/m0/s1. The molecule has 24 heavy (non-hydrogen) atoms. The number of carboxylic acids is 1. The van der Waals surface area contributed by atoms with Crippen molar-refractivity contribution in [1.82, 2.24) is 5.32 Å². The molecule has 0 spiro atoms. The van der Waals surface area contributed by atoms with Crippen molar-refractivity contribution >= 4 is 11.8 Å². The number of hydrogen-bond donors (Lipinski definition) is 2. The predicted octanol–water partition coefficient (Wildman–Crippen LogP) is 3.07. The van der Waals surface area contributed by atoms with Crippen molar-refractivity contribution in [2.24, 2.45) is 0 Å². The van der Waals surface area contributed by atoms with Crippen LogP contribution in [0.15, 0.2) is 54.6 Å². The van der Waals surface area contributed by atoms with Crippen LogP contribution in [0.4, 0.5) is 0 Å². The van der Waals surface area contributed by atoms with Crippen molar-refractivity contribution in [1.29, 1.82) is 0 Å². The van der Waals surface area contributed by atoms with E-state index < -0.39 is 12.0 Å². The van der Waals surface area contributed by atoms with E-state index in [0.717, 1.165) is 5.56 Å². The van der Waals surface area contributed by atoms with E-state index in [1.54, 1.807) is 31.4 Å². The van der Waals surface area contributed by atoms with Gasteiger partial charge in [-0.15, -0.1) is 0 Å². The first kappa shape index (κ1) is 17.7. The van der Waals surface area contributed by atoms with Gasteiger partial charge < -0.3 is 9.84 Å². The fraction of sp³-hybridized carbons (Fsp3) is 0.263. The zero-order chi connectivity index (χ0) is 17.5. The van der Waals surface area contributed by atoms with Gasteiger partial charge in [-0.1, -0.05) is 30.3 Å². The number of benzene rings is 2. The highest BCUT2D eigenvalue weighted by molar-refractivity contribution is 5.98. The van der Waals surface area contributed by atoms with Crippen molar-refractivity contribution in [2.75, 3.05) is 7.11 Å². The normalized spacial score (nSPS) is 13.1. The highest BCUT2D eigenvalue weighted by Crippen LogP contribution is 2.16. The summed E-state index contributed by atoms with van der Waals surface area (Å²) in [5.74, 6) is -0.616. The highest BCUT2D eigenvalue weighted by atomic mass is 16.5. The van der Waals surface area contributed by atoms with Crippen molar-refractivity contribution < 1.29 is 19.4 Å². The maximum atomic E-state index is 12.3. The van der Waals surface area contributed by atoms with Gasteiger partial charge in [0.2, 0.25) is 0 Å². The Balaban J connectivity index is 2.04. The van der Waals surface area contributed by atoms with Crippen LogP contribution in [-0.4, -0.2) is 30.0 Å².